The molecule has 0 aliphatic carbocycles. The van der Waals surface area contributed by atoms with Crippen LogP contribution in [0.4, 0.5) is 0 Å². The van der Waals surface area contributed by atoms with E-state index in [-0.39, 0.29) is 23.9 Å². The first-order valence-corrected chi connectivity index (χ1v) is 10.7. The lowest BCUT2D eigenvalue weighted by molar-refractivity contribution is -0.122. The summed E-state index contributed by atoms with van der Waals surface area (Å²) in [6.45, 7) is 7.43. The van der Waals surface area contributed by atoms with Crippen LogP contribution in [0.3, 0.4) is 0 Å². The van der Waals surface area contributed by atoms with Gasteiger partial charge < -0.3 is 9.88 Å². The van der Waals surface area contributed by atoms with Crippen molar-refractivity contribution in [2.24, 2.45) is 0 Å². The number of amides is 1. The van der Waals surface area contributed by atoms with Gasteiger partial charge in [0.1, 0.15) is 6.54 Å². The standard InChI is InChI=1S/C25H29N3O2/c1-18(2)11-14-27-15-12-19(13-16-27)26-24(29)17-28-22-9-5-3-7-20(22)25(30)21-8-4-6-10-23(21)28/h3-11,19H,12-17H2,1-2H3,(H,26,29). The number of nitrogens with zero attached hydrogens (tertiary/aromatic N) is 2. The zero-order valence-corrected chi connectivity index (χ0v) is 17.7. The number of pyridine rings is 1. The molecule has 5 nitrogen and oxygen atoms in total. The number of carbonyl (C=O) groups excluding carboxylic acids is 1. The zero-order valence-electron chi connectivity index (χ0n) is 17.7. The number of rotatable bonds is 5. The number of fused-ring (bicyclic) bond motifs is 2. The monoisotopic (exact) mass is 403 g/mol. The highest BCUT2D eigenvalue weighted by Crippen LogP contribution is 2.19. The van der Waals surface area contributed by atoms with E-state index in [1.807, 2.05) is 53.1 Å². The second-order valence-electron chi connectivity index (χ2n) is 8.37. The molecule has 0 bridgehead atoms. The van der Waals surface area contributed by atoms with Gasteiger partial charge in [0.25, 0.3) is 0 Å². The number of para-hydroxylation sites is 2. The average Bonchev–Trinajstić information content (AvgIpc) is 2.76. The fraction of sp³-hybridized carbons (Fsp3) is 0.360. The largest absolute Gasteiger partial charge is 0.352 e. The molecule has 0 atom stereocenters. The number of likely N-dealkylation sites (tertiary alicyclic amines) is 1. The molecule has 156 valence electrons. The second kappa shape index (κ2) is 8.84. The minimum atomic E-state index is -0.00305. The molecule has 2 heterocycles. The summed E-state index contributed by atoms with van der Waals surface area (Å²) in [4.78, 5) is 28.2. The minimum Gasteiger partial charge on any atom is -0.352 e. The van der Waals surface area contributed by atoms with Crippen LogP contribution in [0, 0.1) is 0 Å². The maximum absolute atomic E-state index is 12.9. The number of benzene rings is 2. The Kier molecular flexibility index (Phi) is 6.00. The van der Waals surface area contributed by atoms with Crippen molar-refractivity contribution in [1.29, 1.82) is 0 Å². The van der Waals surface area contributed by atoms with Gasteiger partial charge in [-0.1, -0.05) is 35.9 Å². The van der Waals surface area contributed by atoms with Crippen LogP contribution < -0.4 is 10.7 Å². The Bertz CT molecular complexity index is 1090. The van der Waals surface area contributed by atoms with Crippen LogP contribution in [0.1, 0.15) is 26.7 Å². The highest BCUT2D eigenvalue weighted by atomic mass is 16.2. The quantitative estimate of drug-likeness (QED) is 0.522. The summed E-state index contributed by atoms with van der Waals surface area (Å²) in [5.74, 6) is -0.00305. The fourth-order valence-corrected chi connectivity index (χ4v) is 4.24. The van der Waals surface area contributed by atoms with Gasteiger partial charge in [0.05, 0.1) is 11.0 Å². The molecule has 2 aromatic carbocycles. The van der Waals surface area contributed by atoms with Crippen LogP contribution in [-0.2, 0) is 11.3 Å². The summed E-state index contributed by atoms with van der Waals surface area (Å²) in [5, 5.41) is 4.52. The number of allylic oxidation sites excluding steroid dienone is 1. The van der Waals surface area contributed by atoms with Gasteiger partial charge in [-0.05, 0) is 51.0 Å². The molecule has 1 aliphatic heterocycles. The summed E-state index contributed by atoms with van der Waals surface area (Å²) in [6, 6.07) is 15.3. The normalized spacial score (nSPS) is 15.4. The molecular weight excluding hydrogens is 374 g/mol. The van der Waals surface area contributed by atoms with Gasteiger partial charge in [-0.2, -0.15) is 0 Å². The number of hydrogen-bond acceptors (Lipinski definition) is 3. The Labute approximate surface area is 177 Å². The van der Waals surface area contributed by atoms with Gasteiger partial charge >= 0.3 is 0 Å². The van der Waals surface area contributed by atoms with Crippen molar-refractivity contribution >= 4 is 27.7 Å². The summed E-state index contributed by atoms with van der Waals surface area (Å²) < 4.78 is 1.96. The van der Waals surface area contributed by atoms with E-state index in [1.165, 1.54) is 5.57 Å². The van der Waals surface area contributed by atoms with E-state index >= 15 is 0 Å². The van der Waals surface area contributed by atoms with E-state index in [2.05, 4.69) is 30.1 Å². The summed E-state index contributed by atoms with van der Waals surface area (Å²) in [7, 11) is 0. The molecular formula is C25H29N3O2. The third-order valence-corrected chi connectivity index (χ3v) is 5.89. The number of piperidine rings is 1. The molecule has 0 spiro atoms. The first-order chi connectivity index (χ1) is 14.5. The number of hydrogen-bond donors (Lipinski definition) is 1. The van der Waals surface area contributed by atoms with Crippen molar-refractivity contribution < 1.29 is 4.79 Å². The molecule has 30 heavy (non-hydrogen) atoms. The van der Waals surface area contributed by atoms with Gasteiger partial charge in [-0.3, -0.25) is 14.5 Å². The van der Waals surface area contributed by atoms with Gasteiger partial charge in [0.2, 0.25) is 5.91 Å². The predicted molar refractivity (Wildman–Crippen MR) is 123 cm³/mol. The molecule has 0 radical (unpaired) electrons. The molecule has 1 aliphatic rings. The van der Waals surface area contributed by atoms with Crippen LogP contribution in [0.5, 0.6) is 0 Å². The smallest absolute Gasteiger partial charge is 0.240 e. The molecule has 1 N–H and O–H groups in total. The number of carbonyl (C=O) groups is 1. The van der Waals surface area contributed by atoms with Gasteiger partial charge in [-0.15, -0.1) is 0 Å². The molecule has 4 rings (SSSR count). The van der Waals surface area contributed by atoms with Crippen molar-refractivity contribution in [3.63, 3.8) is 0 Å². The van der Waals surface area contributed by atoms with E-state index in [4.69, 9.17) is 0 Å². The van der Waals surface area contributed by atoms with Gasteiger partial charge in [0.15, 0.2) is 5.43 Å². The van der Waals surface area contributed by atoms with Crippen molar-refractivity contribution in [1.82, 2.24) is 14.8 Å². The Hall–Kier alpha value is -2.92. The maximum Gasteiger partial charge on any atom is 0.240 e. The molecule has 0 unspecified atom stereocenters. The van der Waals surface area contributed by atoms with Gasteiger partial charge in [-0.25, -0.2) is 0 Å². The average molecular weight is 404 g/mol. The lowest BCUT2D eigenvalue weighted by atomic mass is 10.0. The topological polar surface area (TPSA) is 54.3 Å². The molecule has 0 saturated carbocycles. The Morgan fingerprint density at radius 1 is 1.00 bits per heavy atom. The molecule has 1 aromatic heterocycles. The third-order valence-electron chi connectivity index (χ3n) is 5.89. The third kappa shape index (κ3) is 4.31. The zero-order chi connectivity index (χ0) is 21.1. The highest BCUT2D eigenvalue weighted by Gasteiger charge is 2.21. The van der Waals surface area contributed by atoms with E-state index < -0.39 is 0 Å². The van der Waals surface area contributed by atoms with Crippen LogP contribution in [0.15, 0.2) is 65.0 Å². The summed E-state index contributed by atoms with van der Waals surface area (Å²) in [5.41, 5.74) is 2.95. The fourth-order valence-electron chi connectivity index (χ4n) is 4.24. The van der Waals surface area contributed by atoms with Crippen LogP contribution >= 0.6 is 0 Å². The van der Waals surface area contributed by atoms with Crippen molar-refractivity contribution in [3.8, 4) is 0 Å². The maximum atomic E-state index is 12.9. The lowest BCUT2D eigenvalue weighted by Gasteiger charge is -2.31. The van der Waals surface area contributed by atoms with E-state index in [0.717, 1.165) is 43.5 Å². The Balaban J connectivity index is 1.51. The Morgan fingerprint density at radius 2 is 1.57 bits per heavy atom. The first kappa shape index (κ1) is 20.4. The van der Waals surface area contributed by atoms with E-state index in [1.54, 1.807) is 0 Å². The van der Waals surface area contributed by atoms with Gasteiger partial charge in [0, 0.05) is 36.4 Å². The van der Waals surface area contributed by atoms with Crippen molar-refractivity contribution in [2.75, 3.05) is 19.6 Å². The second-order valence-corrected chi connectivity index (χ2v) is 8.37. The van der Waals surface area contributed by atoms with E-state index in [9.17, 15) is 9.59 Å². The number of nitrogens with one attached hydrogen (secondary N) is 1. The molecule has 1 fully saturated rings. The van der Waals surface area contributed by atoms with E-state index in [0.29, 0.717) is 10.8 Å². The number of aromatic nitrogens is 1. The van der Waals surface area contributed by atoms with Crippen molar-refractivity contribution in [2.45, 2.75) is 39.3 Å². The first-order valence-electron chi connectivity index (χ1n) is 10.7. The SMILES string of the molecule is CC(C)=CCN1CCC(NC(=O)Cn2c3ccccc3c(=O)c3ccccc32)CC1. The highest BCUT2D eigenvalue weighted by molar-refractivity contribution is 5.94. The summed E-state index contributed by atoms with van der Waals surface area (Å²) >= 11 is 0. The van der Waals surface area contributed by atoms with Crippen molar-refractivity contribution in [3.05, 3.63) is 70.4 Å². The predicted octanol–water partition coefficient (Wildman–Crippen LogP) is 3.70. The summed E-state index contributed by atoms with van der Waals surface area (Å²) in [6.07, 6.45) is 4.19. The molecule has 5 heteroatoms. The molecule has 3 aromatic rings. The van der Waals surface area contributed by atoms with Crippen LogP contribution in [-0.4, -0.2) is 41.1 Å². The molecule has 1 saturated heterocycles. The lowest BCUT2D eigenvalue weighted by Crippen LogP contribution is -2.45. The van der Waals surface area contributed by atoms with Crippen LogP contribution in [0.25, 0.3) is 21.8 Å². The molecule has 1 amide bonds. The van der Waals surface area contributed by atoms with Crippen LogP contribution in [0.2, 0.25) is 0 Å². The Morgan fingerprint density at radius 3 is 2.13 bits per heavy atom. The minimum absolute atomic E-state index is 0.00305.